The summed E-state index contributed by atoms with van der Waals surface area (Å²) >= 11 is 0. The van der Waals surface area contributed by atoms with E-state index in [1.807, 2.05) is 47.4 Å². The summed E-state index contributed by atoms with van der Waals surface area (Å²) in [4.78, 5) is 27.3. The molecule has 6 nitrogen and oxygen atoms in total. The van der Waals surface area contributed by atoms with Gasteiger partial charge in [-0.1, -0.05) is 48.0 Å². The fourth-order valence-corrected chi connectivity index (χ4v) is 4.02. The summed E-state index contributed by atoms with van der Waals surface area (Å²) in [6.07, 6.45) is 2.20. The highest BCUT2D eigenvalue weighted by molar-refractivity contribution is 5.96. The lowest BCUT2D eigenvalue weighted by atomic mass is 10.1. The lowest BCUT2D eigenvalue weighted by Gasteiger charge is -2.23. The van der Waals surface area contributed by atoms with Gasteiger partial charge >= 0.3 is 0 Å². The standard InChI is InChI=1S/C28H28N2O4/c1-19-2-4-21(5-3-19)17-30(28(32)23-9-10-23)24-11-6-20(7-12-24)15-27(31)29-16-22-8-13-25-26(14-22)34-18-33-25/h2-8,11-14,23H,9-10,15-18H2,1H3,(H,29,31). The molecule has 1 aliphatic heterocycles. The van der Waals surface area contributed by atoms with Crippen LogP contribution in [0.25, 0.3) is 0 Å². The van der Waals surface area contributed by atoms with Crippen LogP contribution in [0, 0.1) is 12.8 Å². The highest BCUT2D eigenvalue weighted by Gasteiger charge is 2.34. The van der Waals surface area contributed by atoms with Crippen LogP contribution in [0.3, 0.4) is 0 Å². The smallest absolute Gasteiger partial charge is 0.231 e. The first-order valence-corrected chi connectivity index (χ1v) is 11.7. The molecular formula is C28H28N2O4. The van der Waals surface area contributed by atoms with Crippen LogP contribution in [0.4, 0.5) is 5.69 Å². The number of fused-ring (bicyclic) bond motifs is 1. The van der Waals surface area contributed by atoms with Gasteiger partial charge < -0.3 is 19.7 Å². The average Bonchev–Trinajstić information content (AvgIpc) is 3.60. The van der Waals surface area contributed by atoms with E-state index in [1.165, 1.54) is 5.56 Å². The number of ether oxygens (including phenoxy) is 2. The van der Waals surface area contributed by atoms with E-state index in [1.54, 1.807) is 0 Å². The predicted molar refractivity (Wildman–Crippen MR) is 130 cm³/mol. The topological polar surface area (TPSA) is 67.9 Å². The largest absolute Gasteiger partial charge is 0.454 e. The Kier molecular flexibility index (Phi) is 6.21. The van der Waals surface area contributed by atoms with Crippen LogP contribution in [0.2, 0.25) is 0 Å². The van der Waals surface area contributed by atoms with Gasteiger partial charge in [0.15, 0.2) is 11.5 Å². The number of benzene rings is 3. The summed E-state index contributed by atoms with van der Waals surface area (Å²) in [6, 6.07) is 21.7. The van der Waals surface area contributed by atoms with Crippen molar-refractivity contribution in [3.8, 4) is 11.5 Å². The number of amides is 2. The fourth-order valence-electron chi connectivity index (χ4n) is 4.02. The van der Waals surface area contributed by atoms with Crippen LogP contribution in [0.5, 0.6) is 11.5 Å². The summed E-state index contributed by atoms with van der Waals surface area (Å²) in [6.45, 7) is 3.26. The number of carbonyl (C=O) groups excluding carboxylic acids is 2. The number of carbonyl (C=O) groups is 2. The number of nitrogens with one attached hydrogen (secondary N) is 1. The molecule has 34 heavy (non-hydrogen) atoms. The van der Waals surface area contributed by atoms with Gasteiger partial charge in [0.1, 0.15) is 0 Å². The zero-order chi connectivity index (χ0) is 23.5. The van der Waals surface area contributed by atoms with Crippen LogP contribution in [0.1, 0.15) is 35.1 Å². The molecule has 0 bridgehead atoms. The predicted octanol–water partition coefficient (Wildman–Crippen LogP) is 4.53. The molecule has 0 saturated heterocycles. The van der Waals surface area contributed by atoms with Crippen LogP contribution >= 0.6 is 0 Å². The van der Waals surface area contributed by atoms with Crippen LogP contribution in [0.15, 0.2) is 66.7 Å². The average molecular weight is 457 g/mol. The Morgan fingerprint density at radius 1 is 0.882 bits per heavy atom. The monoisotopic (exact) mass is 456 g/mol. The van der Waals surface area contributed by atoms with E-state index in [9.17, 15) is 9.59 Å². The third-order valence-electron chi connectivity index (χ3n) is 6.19. The minimum atomic E-state index is -0.0593. The lowest BCUT2D eigenvalue weighted by Crippen LogP contribution is -2.31. The van der Waals surface area contributed by atoms with Gasteiger partial charge in [0, 0.05) is 18.2 Å². The molecule has 6 heteroatoms. The Hall–Kier alpha value is -3.80. The van der Waals surface area contributed by atoms with E-state index in [0.717, 1.165) is 41.0 Å². The molecule has 0 unspecified atom stereocenters. The summed E-state index contributed by atoms with van der Waals surface area (Å²) in [5.41, 5.74) is 5.03. The van der Waals surface area contributed by atoms with Gasteiger partial charge in [0.2, 0.25) is 18.6 Å². The van der Waals surface area contributed by atoms with Gasteiger partial charge in [-0.2, -0.15) is 0 Å². The van der Waals surface area contributed by atoms with E-state index >= 15 is 0 Å². The van der Waals surface area contributed by atoms with Crippen molar-refractivity contribution in [2.75, 3.05) is 11.7 Å². The molecule has 1 fully saturated rings. The van der Waals surface area contributed by atoms with E-state index in [2.05, 4.69) is 36.5 Å². The summed E-state index contributed by atoms with van der Waals surface area (Å²) in [7, 11) is 0. The molecule has 2 aliphatic rings. The van der Waals surface area contributed by atoms with Crippen molar-refractivity contribution < 1.29 is 19.1 Å². The summed E-state index contributed by atoms with van der Waals surface area (Å²) < 4.78 is 10.7. The molecule has 0 aromatic heterocycles. The highest BCUT2D eigenvalue weighted by Crippen LogP contribution is 2.34. The minimum absolute atomic E-state index is 0.0593. The van der Waals surface area contributed by atoms with Gasteiger partial charge in [-0.05, 0) is 60.7 Å². The molecule has 1 heterocycles. The lowest BCUT2D eigenvalue weighted by molar-refractivity contribution is -0.121. The van der Waals surface area contributed by atoms with Crippen molar-refractivity contribution in [2.45, 2.75) is 39.3 Å². The molecule has 2 amide bonds. The fraction of sp³-hybridized carbons (Fsp3) is 0.286. The summed E-state index contributed by atoms with van der Waals surface area (Å²) in [5.74, 6) is 1.68. The zero-order valence-electron chi connectivity index (χ0n) is 19.3. The first kappa shape index (κ1) is 22.0. The van der Waals surface area contributed by atoms with Gasteiger partial charge in [-0.3, -0.25) is 9.59 Å². The molecule has 3 aromatic carbocycles. The van der Waals surface area contributed by atoms with Crippen LogP contribution in [-0.2, 0) is 29.1 Å². The van der Waals surface area contributed by atoms with Crippen molar-refractivity contribution in [2.24, 2.45) is 5.92 Å². The Bertz CT molecular complexity index is 1180. The van der Waals surface area contributed by atoms with E-state index in [4.69, 9.17) is 9.47 Å². The number of hydrogen-bond donors (Lipinski definition) is 1. The second-order valence-corrected chi connectivity index (χ2v) is 8.99. The van der Waals surface area contributed by atoms with Gasteiger partial charge in [-0.25, -0.2) is 0 Å². The first-order valence-electron chi connectivity index (χ1n) is 11.7. The molecule has 5 rings (SSSR count). The third-order valence-corrected chi connectivity index (χ3v) is 6.19. The molecule has 1 saturated carbocycles. The van der Waals surface area contributed by atoms with Crippen molar-refractivity contribution in [3.63, 3.8) is 0 Å². The van der Waals surface area contributed by atoms with Crippen molar-refractivity contribution in [1.29, 1.82) is 0 Å². The molecule has 0 atom stereocenters. The Morgan fingerprint density at radius 2 is 1.56 bits per heavy atom. The molecule has 3 aromatic rings. The van der Waals surface area contributed by atoms with E-state index < -0.39 is 0 Å². The normalized spacial score (nSPS) is 14.0. The van der Waals surface area contributed by atoms with Gasteiger partial charge in [-0.15, -0.1) is 0 Å². The number of hydrogen-bond acceptors (Lipinski definition) is 4. The van der Waals surface area contributed by atoms with Gasteiger partial charge in [0.25, 0.3) is 0 Å². The van der Waals surface area contributed by atoms with E-state index in [-0.39, 0.29) is 30.9 Å². The van der Waals surface area contributed by atoms with Crippen LogP contribution < -0.4 is 19.7 Å². The quantitative estimate of drug-likeness (QED) is 0.541. The van der Waals surface area contributed by atoms with Crippen molar-refractivity contribution in [1.82, 2.24) is 5.32 Å². The van der Waals surface area contributed by atoms with Gasteiger partial charge in [0.05, 0.1) is 13.0 Å². The number of nitrogens with zero attached hydrogens (tertiary/aromatic N) is 1. The third kappa shape index (κ3) is 5.22. The zero-order valence-corrected chi connectivity index (χ0v) is 19.3. The highest BCUT2D eigenvalue weighted by atomic mass is 16.7. The number of anilines is 1. The maximum absolute atomic E-state index is 13.0. The second-order valence-electron chi connectivity index (χ2n) is 8.99. The molecule has 0 spiro atoms. The summed E-state index contributed by atoms with van der Waals surface area (Å²) in [5, 5.41) is 2.95. The maximum atomic E-state index is 13.0. The van der Waals surface area contributed by atoms with Crippen LogP contribution in [-0.4, -0.2) is 18.6 Å². The second kappa shape index (κ2) is 9.59. The number of rotatable bonds is 8. The maximum Gasteiger partial charge on any atom is 0.231 e. The molecular weight excluding hydrogens is 428 g/mol. The minimum Gasteiger partial charge on any atom is -0.454 e. The first-order chi connectivity index (χ1) is 16.5. The van der Waals surface area contributed by atoms with Crippen molar-refractivity contribution >= 4 is 17.5 Å². The van der Waals surface area contributed by atoms with Crippen molar-refractivity contribution in [3.05, 3.63) is 89.0 Å². The Labute approximate surface area is 199 Å². The molecule has 174 valence electrons. The molecule has 0 radical (unpaired) electrons. The molecule has 1 N–H and O–H groups in total. The Morgan fingerprint density at radius 3 is 2.29 bits per heavy atom. The SMILES string of the molecule is Cc1ccc(CN(C(=O)C2CC2)c2ccc(CC(=O)NCc3ccc4c(c3)OCO4)cc2)cc1. The van der Waals surface area contributed by atoms with E-state index in [0.29, 0.717) is 18.8 Å². The molecule has 1 aliphatic carbocycles. The number of aryl methyl sites for hydroxylation is 1. The Balaban J connectivity index is 1.21.